The van der Waals surface area contributed by atoms with E-state index in [-0.39, 0.29) is 11.9 Å². The second kappa shape index (κ2) is 4.59. The lowest BCUT2D eigenvalue weighted by atomic mass is 10.7. The monoisotopic (exact) mass is 282 g/mol. The molecule has 0 aromatic heterocycles. The van der Waals surface area contributed by atoms with Gasteiger partial charge in [-0.1, -0.05) is 0 Å². The molecule has 0 spiro atoms. The Hall–Kier alpha value is 0.190. The maximum atomic E-state index is 10.6. The molecule has 0 aliphatic heterocycles. The van der Waals surface area contributed by atoms with E-state index in [9.17, 15) is 13.7 Å². The highest BCUT2D eigenvalue weighted by atomic mass is 31.2. The number of hydrogen-bond donors (Lipinski definition) is 6. The van der Waals surface area contributed by atoms with Gasteiger partial charge in [0.15, 0.2) is 5.40 Å². The van der Waals surface area contributed by atoms with Crippen LogP contribution < -0.4 is 0 Å². The number of allylic oxidation sites excluding steroid dienone is 1. The van der Waals surface area contributed by atoms with Crippen molar-refractivity contribution in [1.82, 2.24) is 0 Å². The maximum absolute atomic E-state index is 10.6. The quantitative estimate of drug-likeness (QED) is 0.366. The molecule has 0 aliphatic carbocycles. The zero-order valence-electron chi connectivity index (χ0n) is 6.98. The molecule has 0 bridgehead atoms. The third-order valence-electron chi connectivity index (χ3n) is 1.14. The average Bonchev–Trinajstić information content (AvgIpc) is 1.75. The lowest BCUT2D eigenvalue weighted by molar-refractivity contribution is 0.347. The summed E-state index contributed by atoms with van der Waals surface area (Å²) in [5.74, 6) is 0.0375. The summed E-state index contributed by atoms with van der Waals surface area (Å²) < 4.78 is 31.5. The Bertz CT molecular complexity index is 357. The Morgan fingerprint density at radius 3 is 1.33 bits per heavy atom. The molecular formula is C3H9O9P3. The van der Waals surface area contributed by atoms with Crippen molar-refractivity contribution in [3.63, 3.8) is 0 Å². The van der Waals surface area contributed by atoms with Crippen molar-refractivity contribution in [3.8, 4) is 0 Å². The minimum atomic E-state index is -5.18. The summed E-state index contributed by atoms with van der Waals surface area (Å²) >= 11 is 0. The molecule has 6 N–H and O–H groups in total. The van der Waals surface area contributed by atoms with Crippen LogP contribution in [0.15, 0.2) is 11.9 Å². The smallest absolute Gasteiger partial charge is 0.324 e. The third kappa shape index (κ3) is 6.37. The Morgan fingerprint density at radius 1 is 0.800 bits per heavy atom. The average molecular weight is 282 g/mol. The molecule has 90 valence electrons. The van der Waals surface area contributed by atoms with Crippen LogP contribution in [-0.2, 0) is 13.7 Å². The first kappa shape index (κ1) is 15.2. The van der Waals surface area contributed by atoms with Crippen LogP contribution in [0.5, 0.6) is 0 Å². The minimum absolute atomic E-state index is 0.0375. The van der Waals surface area contributed by atoms with Crippen molar-refractivity contribution < 1.29 is 43.1 Å². The molecule has 0 atom stereocenters. The first-order valence-electron chi connectivity index (χ1n) is 3.19. The zero-order chi connectivity index (χ0) is 12.5. The molecule has 15 heavy (non-hydrogen) atoms. The van der Waals surface area contributed by atoms with Gasteiger partial charge in [-0.25, -0.2) is 0 Å². The molecule has 0 rings (SSSR count). The summed E-state index contributed by atoms with van der Waals surface area (Å²) in [4.78, 5) is 50.7. The Morgan fingerprint density at radius 2 is 1.13 bits per heavy atom. The van der Waals surface area contributed by atoms with Crippen molar-refractivity contribution in [2.24, 2.45) is 0 Å². The van der Waals surface area contributed by atoms with Crippen molar-refractivity contribution in [1.29, 1.82) is 0 Å². The minimum Gasteiger partial charge on any atom is -0.324 e. The number of hydrogen-bond acceptors (Lipinski definition) is 3. The molecular weight excluding hydrogens is 273 g/mol. The van der Waals surface area contributed by atoms with Crippen molar-refractivity contribution in [3.05, 3.63) is 11.9 Å². The summed E-state index contributed by atoms with van der Waals surface area (Å²) in [6.07, 6.45) is 0.127. The van der Waals surface area contributed by atoms with Crippen LogP contribution in [0.2, 0.25) is 0 Å². The molecule has 0 unspecified atom stereocenters. The van der Waals surface area contributed by atoms with Gasteiger partial charge < -0.3 is 29.4 Å². The van der Waals surface area contributed by atoms with Crippen LogP contribution in [0.4, 0.5) is 0 Å². The highest BCUT2D eigenvalue weighted by Gasteiger charge is 2.41. The summed E-state index contributed by atoms with van der Waals surface area (Å²) in [5, 5.41) is -2.54. The van der Waals surface area contributed by atoms with Gasteiger partial charge in [0.25, 0.3) is 0 Å². The van der Waals surface area contributed by atoms with Gasteiger partial charge in [-0.05, 0) is 6.08 Å². The number of rotatable bonds is 4. The fraction of sp³-hybridized carbons (Fsp3) is 0.333. The van der Waals surface area contributed by atoms with Crippen molar-refractivity contribution >= 4 is 22.8 Å². The van der Waals surface area contributed by atoms with Gasteiger partial charge in [0, 0.05) is 5.82 Å². The van der Waals surface area contributed by atoms with Gasteiger partial charge in [0.1, 0.15) is 0 Å². The van der Waals surface area contributed by atoms with E-state index in [1.54, 1.807) is 0 Å². The molecule has 0 saturated carbocycles. The molecule has 0 fully saturated rings. The van der Waals surface area contributed by atoms with Gasteiger partial charge in [-0.3, -0.25) is 13.7 Å². The van der Waals surface area contributed by atoms with Crippen LogP contribution in [0.25, 0.3) is 0 Å². The first-order valence-corrected chi connectivity index (χ1v) is 8.23. The van der Waals surface area contributed by atoms with Crippen molar-refractivity contribution in [2.75, 3.05) is 0 Å². The zero-order valence-corrected chi connectivity index (χ0v) is 9.66. The Labute approximate surface area is 83.9 Å². The Balaban J connectivity index is 5.21. The van der Waals surface area contributed by atoms with Gasteiger partial charge in [-0.2, -0.15) is 0 Å². The van der Waals surface area contributed by atoms with Gasteiger partial charge in [-0.15, -0.1) is 0 Å². The van der Waals surface area contributed by atoms with E-state index in [4.69, 9.17) is 29.4 Å². The van der Waals surface area contributed by atoms with E-state index in [1.165, 1.54) is 0 Å². The molecule has 0 aromatic carbocycles. The van der Waals surface area contributed by atoms with Crippen LogP contribution in [0, 0.1) is 0 Å². The van der Waals surface area contributed by atoms with Gasteiger partial charge in [0.05, 0.1) is 0 Å². The molecule has 9 nitrogen and oxygen atoms in total. The SMILES string of the molecule is O=P(O)(O)/C=C\C(P(=O)(O)O)P(=O)(O)O. The maximum Gasteiger partial charge on any atom is 0.348 e. The predicted octanol–water partition coefficient (Wildman–Crippen LogP) is -0.641. The second-order valence-electron chi connectivity index (χ2n) is 2.52. The molecule has 0 aromatic rings. The molecule has 0 aliphatic rings. The topological polar surface area (TPSA) is 173 Å². The van der Waals surface area contributed by atoms with E-state index in [2.05, 4.69) is 0 Å². The largest absolute Gasteiger partial charge is 0.348 e. The highest BCUT2D eigenvalue weighted by Crippen LogP contribution is 2.61. The molecule has 12 heteroatoms. The van der Waals surface area contributed by atoms with Crippen LogP contribution in [0.3, 0.4) is 0 Å². The summed E-state index contributed by atoms with van der Waals surface area (Å²) in [5.41, 5.74) is 0. The normalized spacial score (nSPS) is 15.1. The molecule has 0 amide bonds. The standard InChI is InChI=1S/C3H9O9P3/c4-13(5,6)2-1-3(14(7,8)9)15(10,11)12/h1-3H,(H2,4,5,6)(H2,7,8,9)(H2,10,11,12)/b2-1-. The fourth-order valence-electron chi connectivity index (χ4n) is 0.609. The lowest BCUT2D eigenvalue weighted by Crippen LogP contribution is -2.05. The summed E-state index contributed by atoms with van der Waals surface area (Å²) in [7, 11) is -15.1. The van der Waals surface area contributed by atoms with E-state index < -0.39 is 28.2 Å². The lowest BCUT2D eigenvalue weighted by Gasteiger charge is -2.15. The van der Waals surface area contributed by atoms with Crippen LogP contribution >= 0.6 is 22.8 Å². The van der Waals surface area contributed by atoms with E-state index in [0.717, 1.165) is 0 Å². The summed E-state index contributed by atoms with van der Waals surface area (Å²) in [6.45, 7) is 0. The highest BCUT2D eigenvalue weighted by molar-refractivity contribution is 7.71. The van der Waals surface area contributed by atoms with E-state index in [1.807, 2.05) is 0 Å². The van der Waals surface area contributed by atoms with Gasteiger partial charge in [0.2, 0.25) is 0 Å². The fourth-order valence-corrected chi connectivity index (χ4v) is 3.47. The van der Waals surface area contributed by atoms with Gasteiger partial charge >= 0.3 is 22.8 Å². The molecule has 0 heterocycles. The van der Waals surface area contributed by atoms with Crippen molar-refractivity contribution in [2.45, 2.75) is 5.40 Å². The predicted molar refractivity (Wildman–Crippen MR) is 49.1 cm³/mol. The first-order chi connectivity index (χ1) is 6.34. The third-order valence-corrected chi connectivity index (χ3v) is 5.23. The Kier molecular flexibility index (Phi) is 4.65. The molecule has 0 saturated heterocycles. The molecule has 0 radical (unpaired) electrons. The second-order valence-corrected chi connectivity index (χ2v) is 7.88. The summed E-state index contributed by atoms with van der Waals surface area (Å²) in [6, 6.07) is 0. The van der Waals surface area contributed by atoms with E-state index in [0.29, 0.717) is 0 Å². The van der Waals surface area contributed by atoms with Crippen LogP contribution in [0.1, 0.15) is 0 Å². The van der Waals surface area contributed by atoms with E-state index >= 15 is 0 Å². The van der Waals surface area contributed by atoms with Crippen LogP contribution in [-0.4, -0.2) is 34.8 Å².